The first-order valence-corrected chi connectivity index (χ1v) is 4.49. The lowest BCUT2D eigenvalue weighted by Gasteiger charge is -2.36. The van der Waals surface area contributed by atoms with E-state index in [4.69, 9.17) is 10.00 Å². The molecule has 2 heterocycles. The lowest BCUT2D eigenvalue weighted by Crippen LogP contribution is -2.45. The largest absolute Gasteiger partial charge is 0.386 e. The van der Waals surface area contributed by atoms with Crippen molar-refractivity contribution < 1.29 is 9.84 Å². The summed E-state index contributed by atoms with van der Waals surface area (Å²) in [5.74, 6) is 0. The van der Waals surface area contributed by atoms with Crippen LogP contribution < -0.4 is 0 Å². The van der Waals surface area contributed by atoms with Crippen LogP contribution in [0.15, 0.2) is 0 Å². The van der Waals surface area contributed by atoms with Gasteiger partial charge in [0.25, 0.3) is 0 Å². The zero-order valence-corrected chi connectivity index (χ0v) is 6.99. The van der Waals surface area contributed by atoms with Gasteiger partial charge < -0.3 is 9.84 Å². The molecule has 0 aromatic rings. The van der Waals surface area contributed by atoms with Crippen molar-refractivity contribution in [3.63, 3.8) is 0 Å². The molecule has 0 saturated carbocycles. The number of fused-ring (bicyclic) bond motifs is 2. The number of ether oxygens (including phenoxy) is 1. The molecule has 2 aliphatic rings. The van der Waals surface area contributed by atoms with Crippen molar-refractivity contribution in [1.29, 1.82) is 5.26 Å². The van der Waals surface area contributed by atoms with Gasteiger partial charge in [0.05, 0.1) is 24.7 Å². The molecule has 3 nitrogen and oxygen atoms in total. The van der Waals surface area contributed by atoms with Crippen LogP contribution in [0.25, 0.3) is 0 Å². The first-order valence-electron chi connectivity index (χ1n) is 4.49. The molecule has 0 amide bonds. The van der Waals surface area contributed by atoms with Crippen LogP contribution >= 0.6 is 0 Å². The molecule has 3 atom stereocenters. The average molecular weight is 167 g/mol. The van der Waals surface area contributed by atoms with Gasteiger partial charge in [0, 0.05) is 0 Å². The van der Waals surface area contributed by atoms with E-state index in [1.165, 1.54) is 0 Å². The summed E-state index contributed by atoms with van der Waals surface area (Å²) in [5.41, 5.74) is -0.845. The fourth-order valence-corrected chi connectivity index (χ4v) is 2.22. The molecule has 2 fully saturated rings. The summed E-state index contributed by atoms with van der Waals surface area (Å²) < 4.78 is 5.56. The first-order chi connectivity index (χ1) is 5.74. The van der Waals surface area contributed by atoms with E-state index in [1.54, 1.807) is 0 Å². The van der Waals surface area contributed by atoms with Crippen LogP contribution in [0.1, 0.15) is 32.1 Å². The SMILES string of the molecule is N#CCC1(O)CCC2CCC1O2. The van der Waals surface area contributed by atoms with Gasteiger partial charge in [-0.05, 0) is 25.7 Å². The number of hydrogen-bond acceptors (Lipinski definition) is 3. The van der Waals surface area contributed by atoms with Crippen molar-refractivity contribution in [1.82, 2.24) is 0 Å². The first kappa shape index (κ1) is 8.03. The number of hydrogen-bond donors (Lipinski definition) is 1. The molecule has 0 aliphatic carbocycles. The number of aliphatic hydroxyl groups is 1. The summed E-state index contributed by atoms with van der Waals surface area (Å²) >= 11 is 0. The Kier molecular flexibility index (Phi) is 1.82. The average Bonchev–Trinajstić information content (AvgIpc) is 2.45. The normalized spacial score (nSPS) is 45.7. The fourth-order valence-electron chi connectivity index (χ4n) is 2.22. The Morgan fingerprint density at radius 3 is 3.08 bits per heavy atom. The quantitative estimate of drug-likeness (QED) is 0.633. The second-order valence-corrected chi connectivity index (χ2v) is 3.80. The summed E-state index contributed by atoms with van der Waals surface area (Å²) in [4.78, 5) is 0. The van der Waals surface area contributed by atoms with Crippen LogP contribution in [0.4, 0.5) is 0 Å². The summed E-state index contributed by atoms with van der Waals surface area (Å²) in [5, 5.41) is 18.6. The standard InChI is InChI=1S/C9H13NO2/c10-6-5-9(11)4-3-7-1-2-8(9)12-7/h7-8,11H,1-5H2. The molecule has 2 aliphatic heterocycles. The van der Waals surface area contributed by atoms with Gasteiger partial charge in [0.15, 0.2) is 0 Å². The van der Waals surface area contributed by atoms with Gasteiger partial charge >= 0.3 is 0 Å². The molecular weight excluding hydrogens is 154 g/mol. The van der Waals surface area contributed by atoms with Crippen molar-refractivity contribution in [2.24, 2.45) is 0 Å². The van der Waals surface area contributed by atoms with E-state index in [9.17, 15) is 5.11 Å². The smallest absolute Gasteiger partial charge is 0.104 e. The minimum atomic E-state index is -0.845. The zero-order valence-electron chi connectivity index (χ0n) is 6.99. The molecule has 2 rings (SSSR count). The highest BCUT2D eigenvalue weighted by molar-refractivity contribution is 5.01. The molecule has 3 unspecified atom stereocenters. The Hall–Kier alpha value is -0.590. The van der Waals surface area contributed by atoms with E-state index in [0.717, 1.165) is 25.7 Å². The lowest BCUT2D eigenvalue weighted by molar-refractivity contribution is -0.140. The van der Waals surface area contributed by atoms with Crippen molar-refractivity contribution in [2.75, 3.05) is 0 Å². The predicted molar refractivity (Wildman–Crippen MR) is 42.3 cm³/mol. The lowest BCUT2D eigenvalue weighted by atomic mass is 9.87. The van der Waals surface area contributed by atoms with Crippen LogP contribution in [-0.2, 0) is 4.74 Å². The molecule has 0 radical (unpaired) electrons. The van der Waals surface area contributed by atoms with Crippen LogP contribution in [0.2, 0.25) is 0 Å². The maximum Gasteiger partial charge on any atom is 0.104 e. The zero-order chi connectivity index (χ0) is 8.60. The van der Waals surface area contributed by atoms with Gasteiger partial charge in [0.1, 0.15) is 5.60 Å². The Morgan fingerprint density at radius 1 is 1.50 bits per heavy atom. The number of rotatable bonds is 1. The third-order valence-electron chi connectivity index (χ3n) is 2.99. The topological polar surface area (TPSA) is 53.2 Å². The van der Waals surface area contributed by atoms with Gasteiger partial charge in [0.2, 0.25) is 0 Å². The minimum Gasteiger partial charge on any atom is -0.386 e. The Bertz CT molecular complexity index is 223. The Labute approximate surface area is 71.9 Å². The second-order valence-electron chi connectivity index (χ2n) is 3.80. The van der Waals surface area contributed by atoms with Gasteiger partial charge in [-0.3, -0.25) is 0 Å². The molecule has 0 spiro atoms. The van der Waals surface area contributed by atoms with E-state index in [2.05, 4.69) is 0 Å². The van der Waals surface area contributed by atoms with Gasteiger partial charge in [-0.25, -0.2) is 0 Å². The van der Waals surface area contributed by atoms with Crippen LogP contribution in [0.3, 0.4) is 0 Å². The van der Waals surface area contributed by atoms with Crippen LogP contribution in [-0.4, -0.2) is 22.9 Å². The van der Waals surface area contributed by atoms with Crippen LogP contribution in [0.5, 0.6) is 0 Å². The van der Waals surface area contributed by atoms with E-state index in [0.29, 0.717) is 6.10 Å². The summed E-state index contributed by atoms with van der Waals surface area (Å²) in [7, 11) is 0. The van der Waals surface area contributed by atoms with Crippen LogP contribution in [0, 0.1) is 11.3 Å². The van der Waals surface area contributed by atoms with Crippen molar-refractivity contribution in [2.45, 2.75) is 49.9 Å². The van der Waals surface area contributed by atoms with E-state index in [1.807, 2.05) is 6.07 Å². The summed E-state index contributed by atoms with van der Waals surface area (Å²) in [6.45, 7) is 0. The molecule has 66 valence electrons. The van der Waals surface area contributed by atoms with E-state index < -0.39 is 5.60 Å². The van der Waals surface area contributed by atoms with Gasteiger partial charge in [-0.15, -0.1) is 0 Å². The number of nitrogens with zero attached hydrogens (tertiary/aromatic N) is 1. The van der Waals surface area contributed by atoms with Gasteiger partial charge in [-0.1, -0.05) is 0 Å². The Balaban J connectivity index is 2.11. The Morgan fingerprint density at radius 2 is 2.33 bits per heavy atom. The van der Waals surface area contributed by atoms with Crippen molar-refractivity contribution in [3.05, 3.63) is 0 Å². The maximum absolute atomic E-state index is 10.0. The highest BCUT2D eigenvalue weighted by Crippen LogP contribution is 2.40. The van der Waals surface area contributed by atoms with Crippen molar-refractivity contribution in [3.8, 4) is 6.07 Å². The summed E-state index contributed by atoms with van der Waals surface area (Å²) in [6, 6.07) is 2.03. The predicted octanol–water partition coefficient (Wildman–Crippen LogP) is 0.973. The van der Waals surface area contributed by atoms with Gasteiger partial charge in [-0.2, -0.15) is 5.26 Å². The summed E-state index contributed by atoms with van der Waals surface area (Å²) in [6.07, 6.45) is 4.11. The monoisotopic (exact) mass is 167 g/mol. The highest BCUT2D eigenvalue weighted by atomic mass is 16.5. The second kappa shape index (κ2) is 2.72. The molecule has 0 aromatic carbocycles. The fraction of sp³-hybridized carbons (Fsp3) is 0.889. The molecule has 12 heavy (non-hydrogen) atoms. The molecule has 3 heteroatoms. The third-order valence-corrected chi connectivity index (χ3v) is 2.99. The van der Waals surface area contributed by atoms with E-state index >= 15 is 0 Å². The molecule has 2 saturated heterocycles. The highest BCUT2D eigenvalue weighted by Gasteiger charge is 2.46. The minimum absolute atomic E-state index is 0.0732. The number of nitriles is 1. The molecule has 2 bridgehead atoms. The molecular formula is C9H13NO2. The molecule has 1 N–H and O–H groups in total. The van der Waals surface area contributed by atoms with E-state index in [-0.39, 0.29) is 12.5 Å². The van der Waals surface area contributed by atoms with Crippen molar-refractivity contribution >= 4 is 0 Å². The maximum atomic E-state index is 10.0. The molecule has 0 aromatic heterocycles. The third kappa shape index (κ3) is 1.12.